The van der Waals surface area contributed by atoms with Gasteiger partial charge in [0.15, 0.2) is 0 Å². The third kappa shape index (κ3) is 3.26. The molecule has 2 unspecified atom stereocenters. The monoisotopic (exact) mass is 164 g/mol. The molecule has 0 amide bonds. The Bertz CT molecular complexity index is 61.9. The van der Waals surface area contributed by atoms with Crippen molar-refractivity contribution in [3.05, 3.63) is 0 Å². The van der Waals surface area contributed by atoms with Gasteiger partial charge in [-0.2, -0.15) is 0 Å². The maximum Gasteiger partial charge on any atom is 0.0565 e. The van der Waals surface area contributed by atoms with E-state index in [1.807, 2.05) is 0 Å². The van der Waals surface area contributed by atoms with Crippen LogP contribution in [0.15, 0.2) is 0 Å². The molecule has 0 rings (SSSR count). The molecule has 0 aromatic heterocycles. The zero-order chi connectivity index (χ0) is 7.28. The Morgan fingerprint density at radius 3 is 2.11 bits per heavy atom. The van der Waals surface area contributed by atoms with Gasteiger partial charge in [0.25, 0.3) is 0 Å². The summed E-state index contributed by atoms with van der Waals surface area (Å²) in [5, 5.41) is 0. The molecular weight excluding hydrogens is 148 g/mol. The topological polar surface area (TPSA) is 0 Å². The van der Waals surface area contributed by atoms with E-state index >= 15 is 0 Å². The zero-order valence-corrected chi connectivity index (χ0v) is 8.56. The fourth-order valence-electron chi connectivity index (χ4n) is 0.997. The number of halogens is 1. The molecule has 9 heavy (non-hydrogen) atoms. The molecule has 0 aromatic rings. The standard InChI is InChI=1S/C7H17ClSi/c1-4-7(3)9(5-2)6-8/h7,9H,4-6H2,1-3H3. The van der Waals surface area contributed by atoms with E-state index in [2.05, 4.69) is 20.8 Å². The molecule has 0 aliphatic heterocycles. The van der Waals surface area contributed by atoms with Crippen molar-refractivity contribution in [1.82, 2.24) is 0 Å². The van der Waals surface area contributed by atoms with Crippen LogP contribution in [0.25, 0.3) is 0 Å². The Hall–Kier alpha value is 0.507. The Balaban J connectivity index is 3.50. The average Bonchev–Trinajstić information content (AvgIpc) is 1.90. The van der Waals surface area contributed by atoms with Crippen LogP contribution in [0.2, 0.25) is 11.6 Å². The summed E-state index contributed by atoms with van der Waals surface area (Å²) < 4.78 is 0. The van der Waals surface area contributed by atoms with E-state index in [4.69, 9.17) is 11.6 Å². The van der Waals surface area contributed by atoms with Gasteiger partial charge in [-0.25, -0.2) is 0 Å². The predicted octanol–water partition coefficient (Wildman–Crippen LogP) is 2.81. The lowest BCUT2D eigenvalue weighted by Gasteiger charge is -2.15. The van der Waals surface area contributed by atoms with Crippen molar-refractivity contribution >= 4 is 20.4 Å². The van der Waals surface area contributed by atoms with Crippen LogP contribution in [0, 0.1) is 0 Å². The van der Waals surface area contributed by atoms with E-state index in [0.29, 0.717) is 0 Å². The summed E-state index contributed by atoms with van der Waals surface area (Å²) in [5.41, 5.74) is 1.90. The first-order chi connectivity index (χ1) is 4.26. The minimum Gasteiger partial charge on any atom is -0.130 e. The van der Waals surface area contributed by atoms with Crippen LogP contribution in [0.4, 0.5) is 0 Å². The summed E-state index contributed by atoms with van der Waals surface area (Å²) in [6.45, 7) is 6.86. The van der Waals surface area contributed by atoms with Crippen LogP contribution >= 0.6 is 11.6 Å². The van der Waals surface area contributed by atoms with E-state index in [0.717, 1.165) is 11.0 Å². The SMILES string of the molecule is CCC(C)[SiH](CC)CCl. The lowest BCUT2D eigenvalue weighted by molar-refractivity contribution is 0.850. The molecule has 0 bridgehead atoms. The second-order valence-electron chi connectivity index (χ2n) is 2.71. The zero-order valence-electron chi connectivity index (χ0n) is 6.65. The summed E-state index contributed by atoms with van der Waals surface area (Å²) >= 11 is 5.80. The van der Waals surface area contributed by atoms with E-state index in [-0.39, 0.29) is 0 Å². The number of hydrogen-bond acceptors (Lipinski definition) is 0. The molecular formula is C7H17ClSi. The third-order valence-electron chi connectivity index (χ3n) is 2.17. The van der Waals surface area contributed by atoms with Gasteiger partial charge >= 0.3 is 0 Å². The van der Waals surface area contributed by atoms with Gasteiger partial charge in [0, 0.05) is 5.50 Å². The highest BCUT2D eigenvalue weighted by Gasteiger charge is 2.12. The number of alkyl halides is 1. The first kappa shape index (κ1) is 9.51. The van der Waals surface area contributed by atoms with Crippen molar-refractivity contribution < 1.29 is 0 Å². The summed E-state index contributed by atoms with van der Waals surface area (Å²) in [6, 6.07) is 1.36. The first-order valence-corrected chi connectivity index (χ1v) is 6.65. The number of hydrogen-bond donors (Lipinski definition) is 0. The van der Waals surface area contributed by atoms with Crippen molar-refractivity contribution in [2.75, 3.05) is 5.50 Å². The van der Waals surface area contributed by atoms with E-state index in [9.17, 15) is 0 Å². The molecule has 0 saturated heterocycles. The largest absolute Gasteiger partial charge is 0.130 e. The molecule has 0 aliphatic carbocycles. The highest BCUT2D eigenvalue weighted by Crippen LogP contribution is 2.17. The van der Waals surface area contributed by atoms with Crippen molar-refractivity contribution in [1.29, 1.82) is 0 Å². The van der Waals surface area contributed by atoms with Crippen molar-refractivity contribution in [2.24, 2.45) is 0 Å². The number of rotatable bonds is 4. The molecule has 0 fully saturated rings. The van der Waals surface area contributed by atoms with Gasteiger partial charge < -0.3 is 0 Å². The molecule has 0 N–H and O–H groups in total. The fraction of sp³-hybridized carbons (Fsp3) is 1.00. The molecule has 0 nitrogen and oxygen atoms in total. The molecule has 0 aromatic carbocycles. The van der Waals surface area contributed by atoms with Crippen LogP contribution < -0.4 is 0 Å². The van der Waals surface area contributed by atoms with Gasteiger partial charge in [-0.1, -0.05) is 38.8 Å². The second-order valence-corrected chi connectivity index (χ2v) is 7.42. The van der Waals surface area contributed by atoms with Crippen LogP contribution in [-0.2, 0) is 0 Å². The summed E-state index contributed by atoms with van der Waals surface area (Å²) in [5.74, 6) is 0. The summed E-state index contributed by atoms with van der Waals surface area (Å²) in [4.78, 5) is 0. The van der Waals surface area contributed by atoms with Gasteiger partial charge in [0.1, 0.15) is 0 Å². The van der Waals surface area contributed by atoms with Crippen molar-refractivity contribution in [2.45, 2.75) is 38.8 Å². The van der Waals surface area contributed by atoms with Gasteiger partial charge in [-0.3, -0.25) is 0 Å². The maximum absolute atomic E-state index is 5.80. The molecule has 0 saturated carbocycles. The molecule has 56 valence electrons. The second kappa shape index (κ2) is 5.30. The van der Waals surface area contributed by atoms with E-state index in [1.54, 1.807) is 0 Å². The van der Waals surface area contributed by atoms with Crippen LogP contribution in [-0.4, -0.2) is 14.3 Å². The fourth-order valence-corrected chi connectivity index (χ4v) is 4.56. The van der Waals surface area contributed by atoms with Crippen molar-refractivity contribution in [3.8, 4) is 0 Å². The molecule has 2 atom stereocenters. The first-order valence-electron chi connectivity index (χ1n) is 3.82. The minimum absolute atomic E-state index is 0.521. The molecule has 0 heterocycles. The van der Waals surface area contributed by atoms with Crippen LogP contribution in [0.3, 0.4) is 0 Å². The van der Waals surface area contributed by atoms with Gasteiger partial charge in [0.05, 0.1) is 8.80 Å². The Morgan fingerprint density at radius 1 is 1.44 bits per heavy atom. The lowest BCUT2D eigenvalue weighted by Crippen LogP contribution is -2.19. The minimum atomic E-state index is -0.521. The molecule has 0 radical (unpaired) electrons. The third-order valence-corrected chi connectivity index (χ3v) is 6.89. The van der Waals surface area contributed by atoms with E-state index in [1.165, 1.54) is 12.5 Å². The van der Waals surface area contributed by atoms with E-state index < -0.39 is 8.80 Å². The van der Waals surface area contributed by atoms with Crippen molar-refractivity contribution in [3.63, 3.8) is 0 Å². The predicted molar refractivity (Wildman–Crippen MR) is 48.1 cm³/mol. The smallest absolute Gasteiger partial charge is 0.0565 e. The molecule has 0 spiro atoms. The Labute approximate surface area is 65.2 Å². The van der Waals surface area contributed by atoms with Gasteiger partial charge in [-0.15, -0.1) is 11.6 Å². The highest BCUT2D eigenvalue weighted by molar-refractivity contribution is 6.68. The van der Waals surface area contributed by atoms with Gasteiger partial charge in [-0.05, 0) is 0 Å². The molecule has 0 aliphatic rings. The summed E-state index contributed by atoms with van der Waals surface area (Å²) in [7, 11) is -0.521. The Morgan fingerprint density at radius 2 is 2.00 bits per heavy atom. The average molecular weight is 165 g/mol. The Kier molecular flexibility index (Phi) is 5.60. The van der Waals surface area contributed by atoms with Gasteiger partial charge in [0.2, 0.25) is 0 Å². The lowest BCUT2D eigenvalue weighted by atomic mass is 10.4. The maximum atomic E-state index is 5.80. The van der Waals surface area contributed by atoms with Crippen LogP contribution in [0.5, 0.6) is 0 Å². The quantitative estimate of drug-likeness (QED) is 0.443. The molecule has 2 heteroatoms. The summed E-state index contributed by atoms with van der Waals surface area (Å²) in [6.07, 6.45) is 1.32. The normalized spacial score (nSPS) is 17.3. The van der Waals surface area contributed by atoms with Crippen LogP contribution in [0.1, 0.15) is 27.2 Å². The highest BCUT2D eigenvalue weighted by atomic mass is 35.5.